The van der Waals surface area contributed by atoms with E-state index in [4.69, 9.17) is 5.73 Å². The van der Waals surface area contributed by atoms with E-state index in [1.54, 1.807) is 0 Å². The van der Waals surface area contributed by atoms with Gasteiger partial charge >= 0.3 is 6.18 Å². The fourth-order valence-corrected chi connectivity index (χ4v) is 2.09. The number of halogens is 3. The number of alkyl halides is 3. The first-order valence-electron chi connectivity index (χ1n) is 5.64. The number of nitrogens with zero attached hydrogens (tertiary/aromatic N) is 1. The molecular weight excluding hydrogens is 245 g/mol. The fraction of sp³-hybridized carbons (Fsp3) is 0.417. The lowest BCUT2D eigenvalue weighted by molar-refractivity contribution is -0.137. The molecule has 0 saturated carbocycles. The van der Waals surface area contributed by atoms with Crippen molar-refractivity contribution in [3.05, 3.63) is 29.8 Å². The van der Waals surface area contributed by atoms with Crippen molar-refractivity contribution in [3.8, 4) is 0 Å². The highest BCUT2D eigenvalue weighted by Gasteiger charge is 2.37. The SMILES string of the molecule is NC1CCCN(c2ccccc2C(F)(F)F)C1=O. The van der Waals surface area contributed by atoms with Gasteiger partial charge in [0, 0.05) is 6.54 Å². The van der Waals surface area contributed by atoms with Crippen LogP contribution in [-0.2, 0) is 11.0 Å². The summed E-state index contributed by atoms with van der Waals surface area (Å²) < 4.78 is 38.6. The van der Waals surface area contributed by atoms with Crippen molar-refractivity contribution in [2.75, 3.05) is 11.4 Å². The van der Waals surface area contributed by atoms with Gasteiger partial charge in [-0.05, 0) is 25.0 Å². The Labute approximate surface area is 102 Å². The number of para-hydroxylation sites is 1. The van der Waals surface area contributed by atoms with Crippen molar-refractivity contribution in [1.29, 1.82) is 0 Å². The molecule has 0 bridgehead atoms. The van der Waals surface area contributed by atoms with Crippen LogP contribution in [0.1, 0.15) is 18.4 Å². The van der Waals surface area contributed by atoms with Crippen molar-refractivity contribution in [2.45, 2.75) is 25.1 Å². The third-order valence-corrected chi connectivity index (χ3v) is 2.98. The molecule has 1 atom stereocenters. The zero-order valence-electron chi connectivity index (χ0n) is 9.57. The summed E-state index contributed by atoms with van der Waals surface area (Å²) in [5.74, 6) is -0.446. The van der Waals surface area contributed by atoms with Crippen LogP contribution < -0.4 is 10.6 Å². The van der Waals surface area contributed by atoms with Gasteiger partial charge in [0.25, 0.3) is 0 Å². The van der Waals surface area contributed by atoms with Crippen LogP contribution in [0.5, 0.6) is 0 Å². The molecule has 1 aliphatic heterocycles. The predicted molar refractivity (Wildman–Crippen MR) is 61.0 cm³/mol. The summed E-state index contributed by atoms with van der Waals surface area (Å²) in [5, 5.41) is 0. The van der Waals surface area contributed by atoms with Crippen LogP contribution >= 0.6 is 0 Å². The van der Waals surface area contributed by atoms with Crippen LogP contribution in [0.4, 0.5) is 18.9 Å². The number of nitrogens with two attached hydrogens (primary N) is 1. The first kappa shape index (κ1) is 12.9. The van der Waals surface area contributed by atoms with Crippen LogP contribution in [0, 0.1) is 0 Å². The van der Waals surface area contributed by atoms with Crippen molar-refractivity contribution < 1.29 is 18.0 Å². The maximum atomic E-state index is 12.9. The number of rotatable bonds is 1. The third kappa shape index (κ3) is 2.33. The Bertz CT molecular complexity index is 459. The number of piperidine rings is 1. The molecule has 98 valence electrons. The van der Waals surface area contributed by atoms with Crippen molar-refractivity contribution in [2.24, 2.45) is 5.73 Å². The summed E-state index contributed by atoms with van der Waals surface area (Å²) in [6, 6.07) is 4.36. The second-order valence-electron chi connectivity index (χ2n) is 4.25. The summed E-state index contributed by atoms with van der Waals surface area (Å²) in [6.07, 6.45) is -3.35. The van der Waals surface area contributed by atoms with Crippen molar-refractivity contribution in [1.82, 2.24) is 0 Å². The molecular formula is C12H13F3N2O. The Kier molecular flexibility index (Phi) is 3.30. The van der Waals surface area contributed by atoms with Gasteiger partial charge < -0.3 is 10.6 Å². The molecule has 1 unspecified atom stereocenters. The Balaban J connectivity index is 2.42. The van der Waals surface area contributed by atoms with Gasteiger partial charge in [0.1, 0.15) is 0 Å². The number of amides is 1. The first-order chi connectivity index (χ1) is 8.41. The summed E-state index contributed by atoms with van der Waals surface area (Å²) in [5.41, 5.74) is 4.69. The molecule has 2 N–H and O–H groups in total. The number of carbonyl (C=O) groups excluding carboxylic acids is 1. The zero-order chi connectivity index (χ0) is 13.3. The minimum atomic E-state index is -4.47. The van der Waals surface area contributed by atoms with Gasteiger partial charge in [0.2, 0.25) is 5.91 Å². The van der Waals surface area contributed by atoms with E-state index in [2.05, 4.69) is 0 Å². The molecule has 1 aromatic carbocycles. The zero-order valence-corrected chi connectivity index (χ0v) is 9.57. The van der Waals surface area contributed by atoms with Crippen LogP contribution in [0.25, 0.3) is 0 Å². The van der Waals surface area contributed by atoms with E-state index in [9.17, 15) is 18.0 Å². The van der Waals surface area contributed by atoms with Crippen LogP contribution in [0.2, 0.25) is 0 Å². The lowest BCUT2D eigenvalue weighted by atomic mass is 10.0. The molecule has 1 aromatic rings. The standard InChI is InChI=1S/C12H13F3N2O/c13-12(14,15)8-4-1-2-6-10(8)17-7-3-5-9(16)11(17)18/h1-2,4,6,9H,3,5,7,16H2. The quantitative estimate of drug-likeness (QED) is 0.839. The number of benzene rings is 1. The van der Waals surface area contributed by atoms with Crippen molar-refractivity contribution in [3.63, 3.8) is 0 Å². The first-order valence-corrected chi connectivity index (χ1v) is 5.64. The second-order valence-corrected chi connectivity index (χ2v) is 4.25. The van der Waals surface area contributed by atoms with Gasteiger partial charge in [-0.25, -0.2) is 0 Å². The van der Waals surface area contributed by atoms with E-state index in [0.29, 0.717) is 12.8 Å². The summed E-state index contributed by atoms with van der Waals surface area (Å²) >= 11 is 0. The van der Waals surface area contributed by atoms with Gasteiger partial charge in [-0.2, -0.15) is 13.2 Å². The molecule has 1 aliphatic rings. The number of hydrogen-bond acceptors (Lipinski definition) is 2. The maximum Gasteiger partial charge on any atom is 0.418 e. The van der Waals surface area contributed by atoms with E-state index in [-0.39, 0.29) is 12.2 Å². The molecule has 0 aliphatic carbocycles. The average molecular weight is 258 g/mol. The average Bonchev–Trinajstić information content (AvgIpc) is 2.32. The molecule has 0 spiro atoms. The minimum Gasteiger partial charge on any atom is -0.320 e. The van der Waals surface area contributed by atoms with Gasteiger partial charge in [-0.1, -0.05) is 12.1 Å². The number of carbonyl (C=O) groups is 1. The van der Waals surface area contributed by atoms with Gasteiger partial charge in [0.15, 0.2) is 0 Å². The largest absolute Gasteiger partial charge is 0.418 e. The molecule has 0 radical (unpaired) electrons. The monoisotopic (exact) mass is 258 g/mol. The summed E-state index contributed by atoms with van der Waals surface area (Å²) in [4.78, 5) is 13.0. The molecule has 18 heavy (non-hydrogen) atoms. The summed E-state index contributed by atoms with van der Waals surface area (Å²) in [6.45, 7) is 0.277. The Hall–Kier alpha value is -1.56. The predicted octanol–water partition coefficient (Wildman–Crippen LogP) is 2.16. The molecule has 2 rings (SSSR count). The molecule has 1 fully saturated rings. The highest BCUT2D eigenvalue weighted by Crippen LogP contribution is 2.37. The molecule has 0 aromatic heterocycles. The van der Waals surface area contributed by atoms with Gasteiger partial charge in [-0.3, -0.25) is 4.79 Å². The van der Waals surface area contributed by atoms with Crippen LogP contribution in [0.15, 0.2) is 24.3 Å². The molecule has 1 amide bonds. The minimum absolute atomic E-state index is 0.106. The topological polar surface area (TPSA) is 46.3 Å². The molecule has 6 heteroatoms. The highest BCUT2D eigenvalue weighted by atomic mass is 19.4. The maximum absolute atomic E-state index is 12.9. The van der Waals surface area contributed by atoms with E-state index in [1.165, 1.54) is 18.2 Å². The summed E-state index contributed by atoms with van der Waals surface area (Å²) in [7, 11) is 0. The van der Waals surface area contributed by atoms with E-state index in [1.807, 2.05) is 0 Å². The van der Waals surface area contributed by atoms with E-state index >= 15 is 0 Å². The molecule has 1 saturated heterocycles. The smallest absolute Gasteiger partial charge is 0.320 e. The highest BCUT2D eigenvalue weighted by molar-refractivity contribution is 5.98. The van der Waals surface area contributed by atoms with E-state index in [0.717, 1.165) is 11.0 Å². The van der Waals surface area contributed by atoms with Gasteiger partial charge in [0.05, 0.1) is 17.3 Å². The Morgan fingerprint density at radius 3 is 2.61 bits per heavy atom. The third-order valence-electron chi connectivity index (χ3n) is 2.98. The van der Waals surface area contributed by atoms with Gasteiger partial charge in [-0.15, -0.1) is 0 Å². The normalized spacial score (nSPS) is 21.2. The van der Waals surface area contributed by atoms with Crippen molar-refractivity contribution >= 4 is 11.6 Å². The molecule has 3 nitrogen and oxygen atoms in total. The number of anilines is 1. The molecule has 1 heterocycles. The lowest BCUT2D eigenvalue weighted by Crippen LogP contribution is -2.49. The van der Waals surface area contributed by atoms with Crippen LogP contribution in [-0.4, -0.2) is 18.5 Å². The Morgan fingerprint density at radius 2 is 1.94 bits per heavy atom. The van der Waals surface area contributed by atoms with Crippen LogP contribution in [0.3, 0.4) is 0 Å². The lowest BCUT2D eigenvalue weighted by Gasteiger charge is -2.32. The Morgan fingerprint density at radius 1 is 1.28 bits per heavy atom. The second kappa shape index (κ2) is 4.61. The van der Waals surface area contributed by atoms with E-state index < -0.39 is 23.7 Å². The fourth-order valence-electron chi connectivity index (χ4n) is 2.09. The number of hydrogen-bond donors (Lipinski definition) is 1.